The standard InChI is InChI=1S/C18H22O2/c19-17-10-3-4-11-18(17)20-13-12-15-8-5-7-14-6-1-2-9-16(14)15/h1-2,5-9,17-19H,3-4,10-13H2. The fourth-order valence-corrected chi connectivity index (χ4v) is 3.10. The van der Waals surface area contributed by atoms with Crippen molar-refractivity contribution in [3.05, 3.63) is 48.0 Å². The summed E-state index contributed by atoms with van der Waals surface area (Å²) in [6.07, 6.45) is 4.87. The molecule has 2 aromatic rings. The highest BCUT2D eigenvalue weighted by Gasteiger charge is 2.23. The first-order valence-corrected chi connectivity index (χ1v) is 7.61. The first-order valence-electron chi connectivity index (χ1n) is 7.61. The molecule has 3 rings (SSSR count). The van der Waals surface area contributed by atoms with Gasteiger partial charge in [0, 0.05) is 0 Å². The second kappa shape index (κ2) is 6.38. The van der Waals surface area contributed by atoms with Crippen molar-refractivity contribution in [3.63, 3.8) is 0 Å². The normalized spacial score (nSPS) is 23.1. The average Bonchev–Trinajstić information content (AvgIpc) is 2.49. The predicted octanol–water partition coefficient (Wildman–Crippen LogP) is 3.70. The predicted molar refractivity (Wildman–Crippen MR) is 81.9 cm³/mol. The Morgan fingerprint density at radius 2 is 1.80 bits per heavy atom. The minimum atomic E-state index is -0.267. The molecule has 2 unspecified atom stereocenters. The molecule has 0 aromatic heterocycles. The lowest BCUT2D eigenvalue weighted by molar-refractivity contribution is -0.0575. The van der Waals surface area contributed by atoms with Gasteiger partial charge in [0.25, 0.3) is 0 Å². The highest BCUT2D eigenvalue weighted by molar-refractivity contribution is 5.85. The summed E-state index contributed by atoms with van der Waals surface area (Å²) in [7, 11) is 0. The van der Waals surface area contributed by atoms with Gasteiger partial charge in [-0.15, -0.1) is 0 Å². The summed E-state index contributed by atoms with van der Waals surface area (Å²) < 4.78 is 5.90. The Morgan fingerprint density at radius 3 is 2.70 bits per heavy atom. The van der Waals surface area contributed by atoms with Gasteiger partial charge < -0.3 is 9.84 Å². The molecule has 0 spiro atoms. The summed E-state index contributed by atoms with van der Waals surface area (Å²) >= 11 is 0. The smallest absolute Gasteiger partial charge is 0.0834 e. The van der Waals surface area contributed by atoms with Gasteiger partial charge in [0.2, 0.25) is 0 Å². The summed E-state index contributed by atoms with van der Waals surface area (Å²) in [5.74, 6) is 0. The van der Waals surface area contributed by atoms with Crippen molar-refractivity contribution >= 4 is 10.8 Å². The van der Waals surface area contributed by atoms with Crippen LogP contribution in [0, 0.1) is 0 Å². The van der Waals surface area contributed by atoms with Crippen molar-refractivity contribution in [3.8, 4) is 0 Å². The Balaban J connectivity index is 1.62. The zero-order valence-electron chi connectivity index (χ0n) is 11.8. The Bertz CT molecular complexity index is 559. The Hall–Kier alpha value is -1.38. The number of fused-ring (bicyclic) bond motifs is 1. The van der Waals surface area contributed by atoms with Crippen LogP contribution in [-0.4, -0.2) is 23.9 Å². The molecule has 0 bridgehead atoms. The monoisotopic (exact) mass is 270 g/mol. The Kier molecular flexibility index (Phi) is 4.34. The molecule has 0 aliphatic heterocycles. The SMILES string of the molecule is OC1CCCCC1OCCc1cccc2ccccc12. The topological polar surface area (TPSA) is 29.5 Å². The number of rotatable bonds is 4. The van der Waals surface area contributed by atoms with Crippen LogP contribution in [0.25, 0.3) is 10.8 Å². The number of hydrogen-bond acceptors (Lipinski definition) is 2. The van der Waals surface area contributed by atoms with Gasteiger partial charge in [0.1, 0.15) is 0 Å². The van der Waals surface area contributed by atoms with E-state index in [1.807, 2.05) is 0 Å². The fraction of sp³-hybridized carbons (Fsp3) is 0.444. The maximum atomic E-state index is 9.91. The van der Waals surface area contributed by atoms with Gasteiger partial charge in [0.15, 0.2) is 0 Å². The van der Waals surface area contributed by atoms with Gasteiger partial charge in [0.05, 0.1) is 18.8 Å². The lowest BCUT2D eigenvalue weighted by atomic mass is 9.95. The molecule has 0 amide bonds. The molecule has 0 saturated heterocycles. The van der Waals surface area contributed by atoms with Crippen LogP contribution in [0.1, 0.15) is 31.2 Å². The number of aliphatic hydroxyl groups is 1. The quantitative estimate of drug-likeness (QED) is 0.918. The van der Waals surface area contributed by atoms with Crippen molar-refractivity contribution in [2.45, 2.75) is 44.3 Å². The van der Waals surface area contributed by atoms with Gasteiger partial charge in [-0.1, -0.05) is 55.3 Å². The Morgan fingerprint density at radius 1 is 1.00 bits per heavy atom. The van der Waals surface area contributed by atoms with E-state index in [1.165, 1.54) is 22.8 Å². The van der Waals surface area contributed by atoms with Crippen molar-refractivity contribution in [2.75, 3.05) is 6.61 Å². The van der Waals surface area contributed by atoms with Gasteiger partial charge in [-0.2, -0.15) is 0 Å². The number of hydrogen-bond donors (Lipinski definition) is 1. The molecule has 1 fully saturated rings. The molecule has 1 saturated carbocycles. The van der Waals surface area contributed by atoms with Crippen LogP contribution >= 0.6 is 0 Å². The van der Waals surface area contributed by atoms with E-state index in [1.54, 1.807) is 0 Å². The molecule has 2 nitrogen and oxygen atoms in total. The van der Waals surface area contributed by atoms with E-state index in [4.69, 9.17) is 4.74 Å². The molecule has 20 heavy (non-hydrogen) atoms. The largest absolute Gasteiger partial charge is 0.390 e. The minimum absolute atomic E-state index is 0.0405. The molecule has 1 aliphatic rings. The summed E-state index contributed by atoms with van der Waals surface area (Å²) in [6.45, 7) is 0.690. The van der Waals surface area contributed by atoms with Crippen LogP contribution in [-0.2, 0) is 11.2 Å². The lowest BCUT2D eigenvalue weighted by Gasteiger charge is -2.27. The first-order chi connectivity index (χ1) is 9.84. The van der Waals surface area contributed by atoms with Crippen LogP contribution in [0.15, 0.2) is 42.5 Å². The van der Waals surface area contributed by atoms with Crippen molar-refractivity contribution < 1.29 is 9.84 Å². The van der Waals surface area contributed by atoms with Crippen LogP contribution in [0.2, 0.25) is 0 Å². The zero-order chi connectivity index (χ0) is 13.8. The Labute approximate surface area is 120 Å². The van der Waals surface area contributed by atoms with Gasteiger partial charge >= 0.3 is 0 Å². The summed E-state index contributed by atoms with van der Waals surface area (Å²) in [4.78, 5) is 0. The van der Waals surface area contributed by atoms with E-state index in [-0.39, 0.29) is 12.2 Å². The third kappa shape index (κ3) is 3.02. The van der Waals surface area contributed by atoms with Gasteiger partial charge in [-0.05, 0) is 35.6 Å². The molecule has 2 heteroatoms. The van der Waals surface area contributed by atoms with Crippen LogP contribution in [0.3, 0.4) is 0 Å². The van der Waals surface area contributed by atoms with E-state index >= 15 is 0 Å². The van der Waals surface area contributed by atoms with Crippen LogP contribution in [0.5, 0.6) is 0 Å². The van der Waals surface area contributed by atoms with Crippen LogP contribution < -0.4 is 0 Å². The highest BCUT2D eigenvalue weighted by atomic mass is 16.5. The zero-order valence-corrected chi connectivity index (χ0v) is 11.8. The van der Waals surface area contributed by atoms with Crippen LogP contribution in [0.4, 0.5) is 0 Å². The molecule has 0 heterocycles. The summed E-state index contributed by atoms with van der Waals surface area (Å²) in [5.41, 5.74) is 1.33. The molecular formula is C18H22O2. The number of aliphatic hydroxyl groups excluding tert-OH is 1. The van der Waals surface area contributed by atoms with Crippen molar-refractivity contribution in [2.24, 2.45) is 0 Å². The molecule has 2 atom stereocenters. The highest BCUT2D eigenvalue weighted by Crippen LogP contribution is 2.22. The van der Waals surface area contributed by atoms with E-state index < -0.39 is 0 Å². The van der Waals surface area contributed by atoms with Crippen molar-refractivity contribution in [1.82, 2.24) is 0 Å². The first kappa shape index (κ1) is 13.6. The summed E-state index contributed by atoms with van der Waals surface area (Å²) in [6, 6.07) is 14.9. The lowest BCUT2D eigenvalue weighted by Crippen LogP contribution is -2.32. The maximum Gasteiger partial charge on any atom is 0.0834 e. The summed E-state index contributed by atoms with van der Waals surface area (Å²) in [5, 5.41) is 12.5. The number of ether oxygens (including phenoxy) is 1. The molecule has 106 valence electrons. The third-order valence-electron chi connectivity index (χ3n) is 4.25. The maximum absolute atomic E-state index is 9.91. The minimum Gasteiger partial charge on any atom is -0.390 e. The fourth-order valence-electron chi connectivity index (χ4n) is 3.10. The van der Waals surface area contributed by atoms with E-state index in [9.17, 15) is 5.11 Å². The third-order valence-corrected chi connectivity index (χ3v) is 4.25. The van der Waals surface area contributed by atoms with E-state index in [2.05, 4.69) is 42.5 Å². The van der Waals surface area contributed by atoms with E-state index in [0.717, 1.165) is 25.7 Å². The second-order valence-corrected chi connectivity index (χ2v) is 5.65. The molecular weight excluding hydrogens is 248 g/mol. The average molecular weight is 270 g/mol. The van der Waals surface area contributed by atoms with Crippen molar-refractivity contribution in [1.29, 1.82) is 0 Å². The van der Waals surface area contributed by atoms with E-state index in [0.29, 0.717) is 6.61 Å². The van der Waals surface area contributed by atoms with Gasteiger partial charge in [-0.25, -0.2) is 0 Å². The molecule has 2 aromatic carbocycles. The van der Waals surface area contributed by atoms with Gasteiger partial charge in [-0.3, -0.25) is 0 Å². The molecule has 1 aliphatic carbocycles. The molecule has 1 N–H and O–H groups in total. The molecule has 0 radical (unpaired) electrons. The number of benzene rings is 2. The second-order valence-electron chi connectivity index (χ2n) is 5.65.